The van der Waals surface area contributed by atoms with Crippen molar-refractivity contribution < 1.29 is 24.2 Å². The smallest absolute Gasteiger partial charge is 0.327 e. The number of carboxylic acid groups (broad SMARTS) is 1. The summed E-state index contributed by atoms with van der Waals surface area (Å²) in [6.45, 7) is 2.92. The lowest BCUT2D eigenvalue weighted by molar-refractivity contribution is -0.140. The van der Waals surface area contributed by atoms with Gasteiger partial charge in [-0.2, -0.15) is 11.8 Å². The van der Waals surface area contributed by atoms with Crippen LogP contribution < -0.4 is 5.32 Å². The number of carboxylic acids is 1. The van der Waals surface area contributed by atoms with Gasteiger partial charge in [-0.3, -0.25) is 4.79 Å². The van der Waals surface area contributed by atoms with Crippen molar-refractivity contribution in [2.75, 3.05) is 38.4 Å². The van der Waals surface area contributed by atoms with E-state index in [1.54, 1.807) is 7.11 Å². The second kappa shape index (κ2) is 10.4. The van der Waals surface area contributed by atoms with Crippen LogP contribution in [-0.4, -0.2) is 61.5 Å². The molecule has 0 radical (unpaired) electrons. The minimum absolute atomic E-state index is 0.336. The van der Waals surface area contributed by atoms with Gasteiger partial charge in [-0.1, -0.05) is 0 Å². The molecule has 0 spiro atoms. The van der Waals surface area contributed by atoms with Crippen molar-refractivity contribution in [3.8, 4) is 0 Å². The Labute approximate surface area is 105 Å². The zero-order chi connectivity index (χ0) is 13.1. The molecule has 2 N–H and O–H groups in total. The molecule has 0 aromatic rings. The van der Waals surface area contributed by atoms with Crippen molar-refractivity contribution in [3.63, 3.8) is 0 Å². The lowest BCUT2D eigenvalue weighted by Crippen LogP contribution is -2.41. The molecule has 100 valence electrons. The number of ether oxygens (including phenoxy) is 2. The predicted octanol–water partition coefficient (Wildman–Crippen LogP) is -0.0281. The number of carbonyl (C=O) groups is 2. The molecule has 0 aliphatic carbocycles. The van der Waals surface area contributed by atoms with Gasteiger partial charge >= 0.3 is 5.97 Å². The van der Waals surface area contributed by atoms with E-state index in [2.05, 4.69) is 5.32 Å². The number of carbonyl (C=O) groups excluding carboxylic acids is 1. The number of thioether (sulfide) groups is 1. The Morgan fingerprint density at radius 1 is 1.35 bits per heavy atom. The van der Waals surface area contributed by atoms with Gasteiger partial charge in [0, 0.05) is 25.5 Å². The third-order valence-corrected chi connectivity index (χ3v) is 2.79. The summed E-state index contributed by atoms with van der Waals surface area (Å²) < 4.78 is 10.0. The highest BCUT2D eigenvalue weighted by molar-refractivity contribution is 7.99. The summed E-state index contributed by atoms with van der Waals surface area (Å²) in [6, 6.07) is -0.837. The number of rotatable bonds is 10. The Kier molecular flexibility index (Phi) is 9.89. The molecule has 0 heterocycles. The van der Waals surface area contributed by atoms with Crippen molar-refractivity contribution in [2.24, 2.45) is 0 Å². The molecule has 0 aliphatic heterocycles. The summed E-state index contributed by atoms with van der Waals surface area (Å²) in [4.78, 5) is 21.5. The first-order valence-electron chi connectivity index (χ1n) is 5.22. The highest BCUT2D eigenvalue weighted by atomic mass is 32.2. The van der Waals surface area contributed by atoms with Crippen LogP contribution in [0.5, 0.6) is 0 Å². The van der Waals surface area contributed by atoms with Gasteiger partial charge in [-0.05, 0) is 0 Å². The standard InChI is InChI=1S/C10H19NO5S/c1-8(12)11-9(10(13)14)7-17-6-5-16-4-3-15-2/h9H,3-7H2,1-2H3,(H,11,12)(H,13,14)/t9-/m0/s1. The minimum Gasteiger partial charge on any atom is -0.480 e. The number of hydrogen-bond donors (Lipinski definition) is 2. The molecule has 1 atom stereocenters. The van der Waals surface area contributed by atoms with Gasteiger partial charge in [-0.15, -0.1) is 0 Å². The fourth-order valence-corrected chi connectivity index (χ4v) is 1.85. The Bertz CT molecular complexity index is 237. The van der Waals surface area contributed by atoms with Gasteiger partial charge in [0.25, 0.3) is 0 Å². The van der Waals surface area contributed by atoms with Crippen LogP contribution in [0, 0.1) is 0 Å². The molecule has 0 saturated carbocycles. The lowest BCUT2D eigenvalue weighted by Gasteiger charge is -2.12. The van der Waals surface area contributed by atoms with Gasteiger partial charge in [0.05, 0.1) is 19.8 Å². The molecular formula is C10H19NO5S. The molecule has 0 rings (SSSR count). The van der Waals surface area contributed by atoms with Crippen LogP contribution in [0.25, 0.3) is 0 Å². The second-order valence-corrected chi connectivity index (χ2v) is 4.42. The summed E-state index contributed by atoms with van der Waals surface area (Å²) in [5, 5.41) is 11.2. The molecule has 0 fully saturated rings. The van der Waals surface area contributed by atoms with Crippen LogP contribution >= 0.6 is 11.8 Å². The molecule has 0 unspecified atom stereocenters. The van der Waals surface area contributed by atoms with Crippen LogP contribution in [0.15, 0.2) is 0 Å². The van der Waals surface area contributed by atoms with Crippen LogP contribution in [0.4, 0.5) is 0 Å². The first-order chi connectivity index (χ1) is 8.07. The highest BCUT2D eigenvalue weighted by Crippen LogP contribution is 2.03. The molecule has 0 aliphatic rings. The monoisotopic (exact) mass is 265 g/mol. The van der Waals surface area contributed by atoms with E-state index in [-0.39, 0.29) is 5.91 Å². The van der Waals surface area contributed by atoms with Crippen molar-refractivity contribution in [1.29, 1.82) is 0 Å². The average Bonchev–Trinajstić information content (AvgIpc) is 2.25. The topological polar surface area (TPSA) is 84.9 Å². The molecule has 0 bridgehead atoms. The van der Waals surface area contributed by atoms with E-state index < -0.39 is 12.0 Å². The largest absolute Gasteiger partial charge is 0.480 e. The maximum Gasteiger partial charge on any atom is 0.327 e. The summed E-state index contributed by atoms with van der Waals surface area (Å²) in [5.41, 5.74) is 0. The maximum atomic E-state index is 10.8. The summed E-state index contributed by atoms with van der Waals surface area (Å²) in [6.07, 6.45) is 0. The summed E-state index contributed by atoms with van der Waals surface area (Å²) in [5.74, 6) is -0.335. The van der Waals surface area contributed by atoms with E-state index in [4.69, 9.17) is 14.6 Å². The first kappa shape index (κ1) is 16.2. The van der Waals surface area contributed by atoms with Gasteiger partial charge in [0.2, 0.25) is 5.91 Å². The van der Waals surface area contributed by atoms with E-state index in [1.807, 2.05) is 0 Å². The molecule has 6 nitrogen and oxygen atoms in total. The van der Waals surface area contributed by atoms with Crippen molar-refractivity contribution in [1.82, 2.24) is 5.32 Å². The minimum atomic E-state index is -1.02. The van der Waals surface area contributed by atoms with Crippen LogP contribution in [0.3, 0.4) is 0 Å². The summed E-state index contributed by atoms with van der Waals surface area (Å²) in [7, 11) is 1.60. The van der Waals surface area contributed by atoms with E-state index in [1.165, 1.54) is 18.7 Å². The molecule has 7 heteroatoms. The second-order valence-electron chi connectivity index (χ2n) is 3.27. The first-order valence-corrected chi connectivity index (χ1v) is 6.37. The Balaban J connectivity index is 3.55. The molecule has 17 heavy (non-hydrogen) atoms. The third kappa shape index (κ3) is 10.1. The quantitative estimate of drug-likeness (QED) is 0.540. The molecular weight excluding hydrogens is 246 g/mol. The van der Waals surface area contributed by atoms with Gasteiger partial charge in [0.15, 0.2) is 0 Å². The normalized spacial score (nSPS) is 12.1. The summed E-state index contributed by atoms with van der Waals surface area (Å²) >= 11 is 1.43. The van der Waals surface area contributed by atoms with Crippen LogP contribution in [-0.2, 0) is 19.1 Å². The lowest BCUT2D eigenvalue weighted by atomic mass is 10.3. The predicted molar refractivity (Wildman–Crippen MR) is 65.3 cm³/mol. The van der Waals surface area contributed by atoms with Gasteiger partial charge in [-0.25, -0.2) is 4.79 Å². The zero-order valence-corrected chi connectivity index (χ0v) is 10.9. The van der Waals surface area contributed by atoms with E-state index in [9.17, 15) is 9.59 Å². The SMILES string of the molecule is COCCOCCSC[C@H](NC(C)=O)C(=O)O. The van der Waals surface area contributed by atoms with Crippen molar-refractivity contribution in [2.45, 2.75) is 13.0 Å². The van der Waals surface area contributed by atoms with Gasteiger partial charge < -0.3 is 19.9 Å². The van der Waals surface area contributed by atoms with Crippen LogP contribution in [0.2, 0.25) is 0 Å². The third-order valence-electron chi connectivity index (χ3n) is 1.76. The van der Waals surface area contributed by atoms with E-state index in [0.29, 0.717) is 31.3 Å². The van der Waals surface area contributed by atoms with Gasteiger partial charge in [0.1, 0.15) is 6.04 Å². The molecule has 0 aromatic heterocycles. The van der Waals surface area contributed by atoms with Crippen molar-refractivity contribution >= 4 is 23.6 Å². The highest BCUT2D eigenvalue weighted by Gasteiger charge is 2.17. The number of nitrogens with one attached hydrogen (secondary N) is 1. The maximum absolute atomic E-state index is 10.8. The zero-order valence-electron chi connectivity index (χ0n) is 10.1. The van der Waals surface area contributed by atoms with E-state index >= 15 is 0 Å². The Morgan fingerprint density at radius 2 is 2.06 bits per heavy atom. The Hall–Kier alpha value is -0.790. The number of amides is 1. The van der Waals surface area contributed by atoms with Crippen LogP contribution in [0.1, 0.15) is 6.92 Å². The fraction of sp³-hybridized carbons (Fsp3) is 0.800. The van der Waals surface area contributed by atoms with Crippen molar-refractivity contribution in [3.05, 3.63) is 0 Å². The Morgan fingerprint density at radius 3 is 2.59 bits per heavy atom. The molecule has 0 saturated heterocycles. The molecule has 0 aromatic carbocycles. The molecule has 1 amide bonds. The number of aliphatic carboxylic acids is 1. The average molecular weight is 265 g/mol. The number of hydrogen-bond acceptors (Lipinski definition) is 5. The number of methoxy groups -OCH3 is 1. The van der Waals surface area contributed by atoms with E-state index in [0.717, 1.165) is 0 Å². The fourth-order valence-electron chi connectivity index (χ4n) is 0.983.